The van der Waals surface area contributed by atoms with Crippen LogP contribution in [0.4, 0.5) is 14.5 Å². The van der Waals surface area contributed by atoms with Gasteiger partial charge in [0.15, 0.2) is 16.7 Å². The first-order valence-corrected chi connectivity index (χ1v) is 12.9. The molecule has 1 saturated heterocycles. The van der Waals surface area contributed by atoms with Crippen LogP contribution >= 0.6 is 27.7 Å². The Morgan fingerprint density at radius 2 is 1.75 bits per heavy atom. The van der Waals surface area contributed by atoms with Crippen molar-refractivity contribution >= 4 is 50.5 Å². The Balaban J connectivity index is 1.61. The van der Waals surface area contributed by atoms with E-state index in [2.05, 4.69) is 20.9 Å². The highest BCUT2D eigenvalue weighted by Crippen LogP contribution is 2.39. The number of hydrogen-bond acceptors (Lipinski definition) is 5. The lowest BCUT2D eigenvalue weighted by Crippen LogP contribution is -2.28. The minimum absolute atomic E-state index is 0.167. The minimum Gasteiger partial charge on any atom is -0.490 e. The lowest BCUT2D eigenvalue weighted by Gasteiger charge is -2.14. The van der Waals surface area contributed by atoms with Gasteiger partial charge in [0.1, 0.15) is 18.2 Å². The van der Waals surface area contributed by atoms with Crippen LogP contribution < -0.4 is 9.47 Å². The van der Waals surface area contributed by atoms with Gasteiger partial charge in [-0.1, -0.05) is 28.1 Å². The molecule has 3 aromatic rings. The molecule has 0 saturated carbocycles. The number of amides is 1. The summed E-state index contributed by atoms with van der Waals surface area (Å²) in [7, 11) is 0. The van der Waals surface area contributed by atoms with Gasteiger partial charge in [0, 0.05) is 11.0 Å². The molecule has 1 aliphatic heterocycles. The number of amidine groups is 1. The average Bonchev–Trinajstić information content (AvgIpc) is 3.15. The molecule has 1 aliphatic rings. The van der Waals surface area contributed by atoms with Crippen molar-refractivity contribution in [2.75, 3.05) is 13.2 Å². The Morgan fingerprint density at radius 3 is 2.44 bits per heavy atom. The van der Waals surface area contributed by atoms with Crippen LogP contribution in [0.5, 0.6) is 11.5 Å². The molecule has 36 heavy (non-hydrogen) atoms. The zero-order valence-corrected chi connectivity index (χ0v) is 22.0. The summed E-state index contributed by atoms with van der Waals surface area (Å²) in [6.07, 6.45) is 1.77. The summed E-state index contributed by atoms with van der Waals surface area (Å²) in [6.45, 7) is 4.77. The highest BCUT2D eigenvalue weighted by atomic mass is 79.9. The second-order valence-corrected chi connectivity index (χ2v) is 9.57. The third-order valence-corrected chi connectivity index (χ3v) is 6.88. The van der Waals surface area contributed by atoms with E-state index < -0.39 is 0 Å². The molecule has 0 bridgehead atoms. The standard InChI is InChI=1S/C27H23BrF2N2O3S/c1-3-32-26(33)25(36-27(32)31-21-10-8-19(29)9-11-21)14-18-13-23(34-4-2)24(15-22(18)28)35-16-17-6-5-7-20(30)12-17/h5-15H,3-4,16H2,1-2H3/b25-14+,31-27?. The largest absolute Gasteiger partial charge is 0.490 e. The molecule has 1 fully saturated rings. The number of hydrogen-bond donors (Lipinski definition) is 0. The van der Waals surface area contributed by atoms with E-state index in [4.69, 9.17) is 9.47 Å². The van der Waals surface area contributed by atoms with Gasteiger partial charge in [-0.3, -0.25) is 9.69 Å². The zero-order chi connectivity index (χ0) is 25.7. The highest BCUT2D eigenvalue weighted by molar-refractivity contribution is 9.10. The van der Waals surface area contributed by atoms with E-state index in [1.54, 1.807) is 47.4 Å². The Kier molecular flexibility index (Phi) is 8.43. The Hall–Kier alpha value is -3.17. The molecule has 1 amide bonds. The molecular weight excluding hydrogens is 550 g/mol. The average molecular weight is 573 g/mol. The molecule has 5 nitrogen and oxygen atoms in total. The summed E-state index contributed by atoms with van der Waals surface area (Å²) in [5.74, 6) is 0.160. The SMILES string of the molecule is CCOc1cc(/C=C2/SC(=Nc3ccc(F)cc3)N(CC)C2=O)c(Br)cc1OCc1cccc(F)c1. The van der Waals surface area contributed by atoms with E-state index in [0.717, 1.165) is 5.56 Å². The summed E-state index contributed by atoms with van der Waals surface area (Å²) in [5.41, 5.74) is 1.98. The lowest BCUT2D eigenvalue weighted by molar-refractivity contribution is -0.122. The third-order valence-electron chi connectivity index (χ3n) is 5.19. The fourth-order valence-corrected chi connectivity index (χ4v) is 4.96. The van der Waals surface area contributed by atoms with Crippen LogP contribution in [0.1, 0.15) is 25.0 Å². The van der Waals surface area contributed by atoms with Gasteiger partial charge in [-0.2, -0.15) is 0 Å². The first-order chi connectivity index (χ1) is 17.4. The van der Waals surface area contributed by atoms with Crippen LogP contribution in [-0.4, -0.2) is 29.1 Å². The van der Waals surface area contributed by atoms with Crippen molar-refractivity contribution in [1.29, 1.82) is 0 Å². The van der Waals surface area contributed by atoms with Gasteiger partial charge in [0.25, 0.3) is 5.91 Å². The monoisotopic (exact) mass is 572 g/mol. The highest BCUT2D eigenvalue weighted by Gasteiger charge is 2.32. The maximum absolute atomic E-state index is 13.5. The van der Waals surface area contributed by atoms with E-state index >= 15 is 0 Å². The van der Waals surface area contributed by atoms with Gasteiger partial charge in [-0.05, 0) is 91.3 Å². The number of benzene rings is 3. The predicted octanol–water partition coefficient (Wildman–Crippen LogP) is 7.33. The molecule has 1 heterocycles. The Bertz CT molecular complexity index is 1330. The molecule has 0 aliphatic carbocycles. The molecule has 0 aromatic heterocycles. The van der Waals surface area contributed by atoms with Gasteiger partial charge in [0.05, 0.1) is 17.2 Å². The topological polar surface area (TPSA) is 51.1 Å². The van der Waals surface area contributed by atoms with Crippen molar-refractivity contribution in [1.82, 2.24) is 4.90 Å². The fraction of sp³-hybridized carbons (Fsp3) is 0.185. The molecule has 186 valence electrons. The number of rotatable bonds is 8. The van der Waals surface area contributed by atoms with Crippen molar-refractivity contribution in [3.05, 3.63) is 92.8 Å². The van der Waals surface area contributed by atoms with E-state index in [-0.39, 0.29) is 24.1 Å². The van der Waals surface area contributed by atoms with Crippen molar-refractivity contribution in [2.24, 2.45) is 4.99 Å². The predicted molar refractivity (Wildman–Crippen MR) is 142 cm³/mol. The van der Waals surface area contributed by atoms with Crippen molar-refractivity contribution < 1.29 is 23.0 Å². The minimum atomic E-state index is -0.347. The molecule has 9 heteroatoms. The second kappa shape index (κ2) is 11.7. The number of thioether (sulfide) groups is 1. The maximum Gasteiger partial charge on any atom is 0.266 e. The quantitative estimate of drug-likeness (QED) is 0.265. The number of nitrogens with zero attached hydrogens (tertiary/aromatic N) is 2. The van der Waals surface area contributed by atoms with E-state index in [1.807, 2.05) is 13.8 Å². The van der Waals surface area contributed by atoms with Crippen molar-refractivity contribution in [3.63, 3.8) is 0 Å². The number of aliphatic imine (C=N–C) groups is 1. The van der Waals surface area contributed by atoms with Gasteiger partial charge in [0.2, 0.25) is 0 Å². The zero-order valence-electron chi connectivity index (χ0n) is 19.6. The summed E-state index contributed by atoms with van der Waals surface area (Å²) in [4.78, 5) is 19.7. The Morgan fingerprint density at radius 1 is 1.00 bits per heavy atom. The van der Waals surface area contributed by atoms with Crippen LogP contribution in [-0.2, 0) is 11.4 Å². The number of likely N-dealkylation sites (N-methyl/N-ethyl adjacent to an activating group) is 1. The first-order valence-electron chi connectivity index (χ1n) is 11.3. The fourth-order valence-electron chi connectivity index (χ4n) is 3.47. The van der Waals surface area contributed by atoms with Crippen molar-refractivity contribution in [2.45, 2.75) is 20.5 Å². The van der Waals surface area contributed by atoms with Crippen molar-refractivity contribution in [3.8, 4) is 11.5 Å². The van der Waals surface area contributed by atoms with Gasteiger partial charge in [-0.25, -0.2) is 13.8 Å². The third kappa shape index (κ3) is 6.14. The molecule has 0 spiro atoms. The lowest BCUT2D eigenvalue weighted by atomic mass is 10.1. The smallest absolute Gasteiger partial charge is 0.266 e. The molecule has 0 radical (unpaired) electrons. The van der Waals surface area contributed by atoms with E-state index in [9.17, 15) is 13.6 Å². The van der Waals surface area contributed by atoms with Crippen LogP contribution in [0.3, 0.4) is 0 Å². The van der Waals surface area contributed by atoms with Gasteiger partial charge >= 0.3 is 0 Å². The normalized spacial score (nSPS) is 15.7. The maximum atomic E-state index is 13.5. The number of carbonyl (C=O) groups is 1. The number of ether oxygens (including phenoxy) is 2. The van der Waals surface area contributed by atoms with Crippen LogP contribution in [0.2, 0.25) is 0 Å². The second-order valence-electron chi connectivity index (χ2n) is 7.70. The summed E-state index contributed by atoms with van der Waals surface area (Å²) >= 11 is 4.82. The van der Waals surface area contributed by atoms with Gasteiger partial charge in [-0.15, -0.1) is 0 Å². The summed E-state index contributed by atoms with van der Waals surface area (Å²) in [5, 5.41) is 0.525. The van der Waals surface area contributed by atoms with Crippen LogP contribution in [0.15, 0.2) is 75.0 Å². The summed E-state index contributed by atoms with van der Waals surface area (Å²) < 4.78 is 39.2. The molecule has 4 rings (SSSR count). The van der Waals surface area contributed by atoms with E-state index in [0.29, 0.717) is 50.4 Å². The Labute approximate surface area is 221 Å². The molecule has 0 unspecified atom stereocenters. The molecule has 3 aromatic carbocycles. The molecule has 0 atom stereocenters. The summed E-state index contributed by atoms with van der Waals surface area (Å²) in [6, 6.07) is 15.6. The van der Waals surface area contributed by atoms with Gasteiger partial charge < -0.3 is 9.47 Å². The van der Waals surface area contributed by atoms with Crippen LogP contribution in [0.25, 0.3) is 6.08 Å². The number of halogens is 3. The number of carbonyl (C=O) groups excluding carboxylic acids is 1. The van der Waals surface area contributed by atoms with Crippen LogP contribution in [0, 0.1) is 11.6 Å². The molecular formula is C27H23BrF2N2O3S. The first kappa shape index (κ1) is 25.9. The molecule has 0 N–H and O–H groups in total. The van der Waals surface area contributed by atoms with E-state index in [1.165, 1.54) is 36.0 Å².